The van der Waals surface area contributed by atoms with Crippen LogP contribution in [0.25, 0.3) is 33.5 Å². The van der Waals surface area contributed by atoms with Crippen LogP contribution in [0, 0.1) is 5.82 Å². The van der Waals surface area contributed by atoms with E-state index in [-0.39, 0.29) is 26.7 Å². The fourth-order valence-electron chi connectivity index (χ4n) is 5.02. The highest BCUT2D eigenvalue weighted by molar-refractivity contribution is 6.34. The van der Waals surface area contributed by atoms with Crippen LogP contribution in [0.4, 0.5) is 4.39 Å². The monoisotopic (exact) mass is 639 g/mol. The summed E-state index contributed by atoms with van der Waals surface area (Å²) >= 11 is 18.7. The molecule has 1 heterocycles. The van der Waals surface area contributed by atoms with Gasteiger partial charge in [-0.05, 0) is 48.4 Å². The van der Waals surface area contributed by atoms with E-state index < -0.39 is 23.7 Å². The average Bonchev–Trinajstić information content (AvgIpc) is 3.39. The number of carboxylic acid groups (broad SMARTS) is 1. The topological polar surface area (TPSA) is 104 Å². The van der Waals surface area contributed by atoms with E-state index in [9.17, 15) is 19.1 Å². The maximum atomic E-state index is 14.1. The number of halogens is 4. The summed E-state index contributed by atoms with van der Waals surface area (Å²) in [5, 5.41) is 13.9. The number of ether oxygens (including phenoxy) is 1. The smallest absolute Gasteiger partial charge is 0.336 e. The maximum Gasteiger partial charge on any atom is 0.336 e. The first-order valence-corrected chi connectivity index (χ1v) is 14.4. The Morgan fingerprint density at radius 3 is 2.53 bits per heavy atom. The molecule has 11 heteroatoms. The molecular weight excluding hydrogens is 616 g/mol. The molecule has 1 amide bonds. The van der Waals surface area contributed by atoms with E-state index in [0.29, 0.717) is 45.2 Å². The second-order valence-electron chi connectivity index (χ2n) is 9.80. The van der Waals surface area contributed by atoms with Gasteiger partial charge in [0.1, 0.15) is 17.4 Å². The largest absolute Gasteiger partial charge is 0.496 e. The molecule has 4 aromatic carbocycles. The Morgan fingerprint density at radius 1 is 1.02 bits per heavy atom. The lowest BCUT2D eigenvalue weighted by Crippen LogP contribution is -2.29. The number of nitrogens with zero attached hydrogens (tertiary/aromatic N) is 1. The van der Waals surface area contributed by atoms with Gasteiger partial charge in [0.25, 0.3) is 5.91 Å². The first-order chi connectivity index (χ1) is 20.6. The molecule has 3 N–H and O–H groups in total. The maximum absolute atomic E-state index is 14.1. The molecule has 220 valence electrons. The van der Waals surface area contributed by atoms with Gasteiger partial charge >= 0.3 is 5.97 Å². The van der Waals surface area contributed by atoms with Crippen LogP contribution in [-0.4, -0.2) is 34.1 Å². The highest BCUT2D eigenvalue weighted by Gasteiger charge is 2.24. The third-order valence-corrected chi connectivity index (χ3v) is 7.87. The summed E-state index contributed by atoms with van der Waals surface area (Å²) in [6, 6.07) is 16.9. The van der Waals surface area contributed by atoms with E-state index in [1.165, 1.54) is 25.3 Å². The van der Waals surface area contributed by atoms with Gasteiger partial charge in [-0.3, -0.25) is 4.79 Å². The normalized spacial score (nSPS) is 11.9. The minimum absolute atomic E-state index is 0.0745. The van der Waals surface area contributed by atoms with Gasteiger partial charge in [-0.25, -0.2) is 14.2 Å². The molecule has 1 unspecified atom stereocenters. The van der Waals surface area contributed by atoms with Gasteiger partial charge in [-0.1, -0.05) is 72.4 Å². The third kappa shape index (κ3) is 6.18. The SMILES string of the molecule is CCCC(NC(=O)c1ccc(-c2c(Cl)cccc2-c2nc3cc(Cl)c(F)cc3[nH]2)c(C(=O)O)c1)c1ccc(Cl)cc1OC. The second kappa shape index (κ2) is 12.6. The van der Waals surface area contributed by atoms with E-state index in [0.717, 1.165) is 12.0 Å². The Kier molecular flexibility index (Phi) is 8.92. The lowest BCUT2D eigenvalue weighted by molar-refractivity contribution is 0.0697. The Labute approximate surface area is 261 Å². The molecule has 5 aromatic rings. The number of benzene rings is 4. The fourth-order valence-corrected chi connectivity index (χ4v) is 5.61. The van der Waals surface area contributed by atoms with Crippen LogP contribution in [0.3, 0.4) is 0 Å². The number of nitrogens with one attached hydrogen (secondary N) is 2. The molecule has 7 nitrogen and oxygen atoms in total. The number of fused-ring (bicyclic) bond motifs is 1. The molecule has 0 fully saturated rings. The predicted octanol–water partition coefficient (Wildman–Crippen LogP) is 8.97. The number of imidazole rings is 1. The van der Waals surface area contributed by atoms with E-state index in [4.69, 9.17) is 39.5 Å². The first-order valence-electron chi connectivity index (χ1n) is 13.3. The van der Waals surface area contributed by atoms with Crippen molar-refractivity contribution in [2.24, 2.45) is 0 Å². The van der Waals surface area contributed by atoms with Crippen molar-refractivity contribution in [2.75, 3.05) is 7.11 Å². The minimum atomic E-state index is -1.25. The molecule has 1 atom stereocenters. The number of carboxylic acids is 1. The zero-order valence-corrected chi connectivity index (χ0v) is 25.2. The van der Waals surface area contributed by atoms with E-state index in [1.807, 2.05) is 6.92 Å². The molecule has 0 saturated heterocycles. The summed E-state index contributed by atoms with van der Waals surface area (Å²) in [7, 11) is 1.53. The molecular formula is C32H25Cl3FN3O4. The molecule has 0 aliphatic heterocycles. The van der Waals surface area contributed by atoms with Crippen LogP contribution < -0.4 is 10.1 Å². The number of carbonyl (C=O) groups excluding carboxylic acids is 1. The predicted molar refractivity (Wildman–Crippen MR) is 167 cm³/mol. The number of methoxy groups -OCH3 is 1. The van der Waals surface area contributed by atoms with Crippen molar-refractivity contribution in [3.63, 3.8) is 0 Å². The highest BCUT2D eigenvalue weighted by Crippen LogP contribution is 2.40. The summed E-state index contributed by atoms with van der Waals surface area (Å²) in [4.78, 5) is 33.6. The number of H-pyrrole nitrogens is 1. The van der Waals surface area contributed by atoms with Crippen molar-refractivity contribution < 1.29 is 23.8 Å². The van der Waals surface area contributed by atoms with Crippen molar-refractivity contribution >= 4 is 57.7 Å². The molecule has 5 rings (SSSR count). The number of amides is 1. The van der Waals surface area contributed by atoms with Crippen LogP contribution in [-0.2, 0) is 0 Å². The summed E-state index contributed by atoms with van der Waals surface area (Å²) in [5.41, 5.74) is 2.75. The number of aromatic amines is 1. The summed E-state index contributed by atoms with van der Waals surface area (Å²) in [5.74, 6) is -1.44. The third-order valence-electron chi connectivity index (χ3n) is 7.03. The van der Waals surface area contributed by atoms with Crippen molar-refractivity contribution in [3.05, 3.63) is 104 Å². The Bertz CT molecular complexity index is 1840. The van der Waals surface area contributed by atoms with Crippen LogP contribution in [0.5, 0.6) is 5.75 Å². The lowest BCUT2D eigenvalue weighted by Gasteiger charge is -2.21. The Balaban J connectivity index is 1.55. The van der Waals surface area contributed by atoms with Gasteiger partial charge < -0.3 is 20.1 Å². The lowest BCUT2D eigenvalue weighted by atomic mass is 9.93. The number of carbonyl (C=O) groups is 2. The van der Waals surface area contributed by atoms with Crippen LogP contribution in [0.1, 0.15) is 52.1 Å². The summed E-state index contributed by atoms with van der Waals surface area (Å²) in [6.07, 6.45) is 1.38. The van der Waals surface area contributed by atoms with Gasteiger partial charge in [0, 0.05) is 38.4 Å². The van der Waals surface area contributed by atoms with Crippen molar-refractivity contribution in [1.29, 1.82) is 0 Å². The number of hydrogen-bond donors (Lipinski definition) is 3. The van der Waals surface area contributed by atoms with Gasteiger partial charge in [0.05, 0.1) is 34.8 Å². The second-order valence-corrected chi connectivity index (χ2v) is 11.0. The zero-order valence-electron chi connectivity index (χ0n) is 23.0. The Hall–Kier alpha value is -4.11. The molecule has 0 aliphatic carbocycles. The van der Waals surface area contributed by atoms with Gasteiger partial charge in [0.2, 0.25) is 0 Å². The number of aromatic carboxylic acids is 1. The molecule has 0 spiro atoms. The van der Waals surface area contributed by atoms with Crippen molar-refractivity contribution in [3.8, 4) is 28.3 Å². The molecule has 1 aromatic heterocycles. The van der Waals surface area contributed by atoms with Crippen LogP contribution >= 0.6 is 34.8 Å². The standard InChI is InChI=1S/C32H25Cl3FN3O4/c1-3-5-25(19-11-9-17(33)13-28(19)43-2)39-31(40)16-8-10-18(21(12-16)32(41)42)29-20(6-4-7-22(29)34)30-37-26-14-23(35)24(36)15-27(26)38-30/h4,6-15,25H,3,5H2,1-2H3,(H,37,38)(H,39,40)(H,41,42). The van der Waals surface area contributed by atoms with Gasteiger partial charge in [-0.2, -0.15) is 0 Å². The first kappa shape index (κ1) is 30.4. The van der Waals surface area contributed by atoms with Crippen molar-refractivity contribution in [2.45, 2.75) is 25.8 Å². The zero-order chi connectivity index (χ0) is 30.8. The highest BCUT2D eigenvalue weighted by atomic mass is 35.5. The van der Waals surface area contributed by atoms with Crippen LogP contribution in [0.15, 0.2) is 66.7 Å². The molecule has 0 radical (unpaired) electrons. The van der Waals surface area contributed by atoms with Crippen LogP contribution in [0.2, 0.25) is 15.1 Å². The quantitative estimate of drug-likeness (QED) is 0.149. The fraction of sp³-hybridized carbons (Fsp3) is 0.156. The van der Waals surface area contributed by atoms with E-state index >= 15 is 0 Å². The number of hydrogen-bond acceptors (Lipinski definition) is 4. The number of rotatable bonds is 9. The molecule has 0 saturated carbocycles. The molecule has 43 heavy (non-hydrogen) atoms. The van der Waals surface area contributed by atoms with Gasteiger partial charge in [-0.15, -0.1) is 0 Å². The summed E-state index contributed by atoms with van der Waals surface area (Å²) in [6.45, 7) is 1.99. The minimum Gasteiger partial charge on any atom is -0.496 e. The molecule has 0 bridgehead atoms. The van der Waals surface area contributed by atoms with Gasteiger partial charge in [0.15, 0.2) is 0 Å². The Morgan fingerprint density at radius 2 is 1.81 bits per heavy atom. The van der Waals surface area contributed by atoms with E-state index in [1.54, 1.807) is 48.5 Å². The molecule has 0 aliphatic rings. The number of aromatic nitrogens is 2. The van der Waals surface area contributed by atoms with Crippen molar-refractivity contribution in [1.82, 2.24) is 15.3 Å². The van der Waals surface area contributed by atoms with E-state index in [2.05, 4.69) is 15.3 Å². The average molecular weight is 641 g/mol. The summed E-state index contributed by atoms with van der Waals surface area (Å²) < 4.78 is 19.6.